The Morgan fingerprint density at radius 3 is 2.81 bits per heavy atom. The molecule has 0 fully saturated rings. The molecular formula is C18H16N4O5. The zero-order chi connectivity index (χ0) is 19.4. The molecule has 0 aliphatic heterocycles. The van der Waals surface area contributed by atoms with Gasteiger partial charge in [-0.1, -0.05) is 12.1 Å². The Balaban J connectivity index is 1.83. The van der Waals surface area contributed by atoms with Gasteiger partial charge in [-0.15, -0.1) is 0 Å². The maximum atomic E-state index is 12.4. The largest absolute Gasteiger partial charge is 0.494 e. The minimum absolute atomic E-state index is 0.0234. The highest BCUT2D eigenvalue weighted by atomic mass is 16.6. The number of nitro benzene ring substituents is 1. The van der Waals surface area contributed by atoms with Gasteiger partial charge in [-0.05, 0) is 31.2 Å². The number of nitrogens with one attached hydrogen (secondary N) is 1. The molecule has 0 atom stereocenters. The van der Waals surface area contributed by atoms with Crippen LogP contribution in [-0.2, 0) is 11.3 Å². The van der Waals surface area contributed by atoms with Crippen LogP contribution in [0.15, 0.2) is 53.6 Å². The van der Waals surface area contributed by atoms with Gasteiger partial charge in [0.2, 0.25) is 5.91 Å². The molecule has 1 amide bonds. The first-order valence-corrected chi connectivity index (χ1v) is 8.15. The first-order valence-electron chi connectivity index (χ1n) is 8.15. The van der Waals surface area contributed by atoms with Gasteiger partial charge in [0.05, 0.1) is 34.8 Å². The molecule has 9 nitrogen and oxygen atoms in total. The van der Waals surface area contributed by atoms with Crippen LogP contribution in [0.25, 0.3) is 10.9 Å². The summed E-state index contributed by atoms with van der Waals surface area (Å²) in [4.78, 5) is 39.5. The number of nitrogens with zero attached hydrogens (tertiary/aromatic N) is 3. The van der Waals surface area contributed by atoms with E-state index < -0.39 is 10.8 Å². The second kappa shape index (κ2) is 7.65. The first kappa shape index (κ1) is 18.1. The molecule has 1 N–H and O–H groups in total. The summed E-state index contributed by atoms with van der Waals surface area (Å²) in [7, 11) is 0. The molecule has 1 aromatic heterocycles. The van der Waals surface area contributed by atoms with Gasteiger partial charge in [-0.25, -0.2) is 4.98 Å². The summed E-state index contributed by atoms with van der Waals surface area (Å²) < 4.78 is 6.39. The van der Waals surface area contributed by atoms with Crippen LogP contribution in [0.5, 0.6) is 5.75 Å². The highest BCUT2D eigenvalue weighted by molar-refractivity contribution is 5.93. The van der Waals surface area contributed by atoms with Gasteiger partial charge in [0.25, 0.3) is 11.2 Å². The van der Waals surface area contributed by atoms with Gasteiger partial charge in [-0.3, -0.25) is 24.3 Å². The third-order valence-electron chi connectivity index (χ3n) is 3.80. The maximum Gasteiger partial charge on any atom is 0.296 e. The molecule has 1 heterocycles. The third kappa shape index (κ3) is 3.92. The van der Waals surface area contributed by atoms with Crippen molar-refractivity contribution in [3.05, 3.63) is 69.3 Å². The van der Waals surface area contributed by atoms with Crippen molar-refractivity contribution in [1.29, 1.82) is 0 Å². The van der Waals surface area contributed by atoms with Crippen molar-refractivity contribution in [1.82, 2.24) is 9.55 Å². The number of aromatic nitrogens is 2. The zero-order valence-corrected chi connectivity index (χ0v) is 14.4. The molecule has 9 heteroatoms. The van der Waals surface area contributed by atoms with Crippen molar-refractivity contribution in [3.63, 3.8) is 0 Å². The van der Waals surface area contributed by atoms with Crippen molar-refractivity contribution >= 4 is 28.2 Å². The lowest BCUT2D eigenvalue weighted by Crippen LogP contribution is -2.28. The van der Waals surface area contributed by atoms with E-state index >= 15 is 0 Å². The molecule has 0 saturated carbocycles. The number of amides is 1. The number of hydrogen-bond acceptors (Lipinski definition) is 6. The molecule has 0 radical (unpaired) electrons. The summed E-state index contributed by atoms with van der Waals surface area (Å²) in [6.45, 7) is 1.80. The number of carbonyl (C=O) groups is 1. The fourth-order valence-corrected chi connectivity index (χ4v) is 2.59. The van der Waals surface area contributed by atoms with Crippen molar-refractivity contribution in [2.24, 2.45) is 0 Å². The average molecular weight is 368 g/mol. The van der Waals surface area contributed by atoms with Gasteiger partial charge < -0.3 is 10.1 Å². The minimum Gasteiger partial charge on any atom is -0.494 e. The quantitative estimate of drug-likeness (QED) is 0.527. The van der Waals surface area contributed by atoms with Crippen LogP contribution in [0.2, 0.25) is 0 Å². The second-order valence-electron chi connectivity index (χ2n) is 5.61. The minimum atomic E-state index is -0.609. The van der Waals surface area contributed by atoms with Crippen molar-refractivity contribution in [3.8, 4) is 5.75 Å². The van der Waals surface area contributed by atoms with Gasteiger partial charge >= 0.3 is 0 Å². The SMILES string of the molecule is CCOc1ccc(NC(=O)Cn2cnc3ccccc3c2=O)c([N+](=O)[O-])c1. The molecule has 138 valence electrons. The second-order valence-corrected chi connectivity index (χ2v) is 5.61. The summed E-state index contributed by atoms with van der Waals surface area (Å²) in [5, 5.41) is 14.1. The Bertz CT molecular complexity index is 1080. The van der Waals surface area contributed by atoms with Gasteiger partial charge in [0, 0.05) is 0 Å². The van der Waals surface area contributed by atoms with Crippen molar-refractivity contribution < 1.29 is 14.5 Å². The lowest BCUT2D eigenvalue weighted by Gasteiger charge is -2.09. The van der Waals surface area contributed by atoms with E-state index in [4.69, 9.17) is 4.74 Å². The molecule has 0 spiro atoms. The summed E-state index contributed by atoms with van der Waals surface area (Å²) in [5.74, 6) is -0.251. The summed E-state index contributed by atoms with van der Waals surface area (Å²) in [6.07, 6.45) is 1.27. The molecule has 0 saturated heterocycles. The normalized spacial score (nSPS) is 10.6. The number of nitro groups is 1. The fourth-order valence-electron chi connectivity index (χ4n) is 2.59. The van der Waals surface area contributed by atoms with Crippen LogP contribution >= 0.6 is 0 Å². The number of benzene rings is 2. The van der Waals surface area contributed by atoms with Crippen LogP contribution in [0.1, 0.15) is 6.92 Å². The van der Waals surface area contributed by atoms with Gasteiger partial charge in [0.1, 0.15) is 18.0 Å². The molecule has 0 aliphatic carbocycles. The molecule has 3 aromatic rings. The molecular weight excluding hydrogens is 352 g/mol. The first-order chi connectivity index (χ1) is 13.0. The Hall–Kier alpha value is -3.75. The number of carbonyl (C=O) groups excluding carboxylic acids is 1. The number of para-hydroxylation sites is 1. The van der Waals surface area contributed by atoms with Crippen LogP contribution in [0.4, 0.5) is 11.4 Å². The number of ether oxygens (including phenoxy) is 1. The predicted octanol–water partition coefficient (Wildman–Crippen LogP) is 2.34. The molecule has 0 aliphatic rings. The van der Waals surface area contributed by atoms with Crippen LogP contribution in [-0.4, -0.2) is 27.0 Å². The smallest absolute Gasteiger partial charge is 0.296 e. The average Bonchev–Trinajstić information content (AvgIpc) is 2.65. The lowest BCUT2D eigenvalue weighted by atomic mass is 10.2. The Morgan fingerprint density at radius 1 is 1.30 bits per heavy atom. The van der Waals surface area contributed by atoms with E-state index in [0.29, 0.717) is 23.3 Å². The van der Waals surface area contributed by atoms with Crippen molar-refractivity contribution in [2.45, 2.75) is 13.5 Å². The van der Waals surface area contributed by atoms with E-state index in [0.717, 1.165) is 4.57 Å². The zero-order valence-electron chi connectivity index (χ0n) is 14.4. The third-order valence-corrected chi connectivity index (χ3v) is 3.80. The lowest BCUT2D eigenvalue weighted by molar-refractivity contribution is -0.384. The number of fused-ring (bicyclic) bond motifs is 1. The van der Waals surface area contributed by atoms with E-state index in [1.54, 1.807) is 31.2 Å². The highest BCUT2D eigenvalue weighted by Gasteiger charge is 2.18. The van der Waals surface area contributed by atoms with E-state index in [9.17, 15) is 19.7 Å². The molecule has 3 rings (SSSR count). The van der Waals surface area contributed by atoms with E-state index in [1.807, 2.05) is 0 Å². The predicted molar refractivity (Wildman–Crippen MR) is 98.9 cm³/mol. The topological polar surface area (TPSA) is 116 Å². The van der Waals surface area contributed by atoms with Crippen LogP contribution in [0.3, 0.4) is 0 Å². The Labute approximate surface area is 153 Å². The maximum absolute atomic E-state index is 12.4. The summed E-state index contributed by atoms with van der Waals surface area (Å²) in [5.41, 5.74) is -0.105. The summed E-state index contributed by atoms with van der Waals surface area (Å²) in [6, 6.07) is 10.9. The Kier molecular flexibility index (Phi) is 5.11. The van der Waals surface area contributed by atoms with Crippen molar-refractivity contribution in [2.75, 3.05) is 11.9 Å². The van der Waals surface area contributed by atoms with Gasteiger partial charge in [-0.2, -0.15) is 0 Å². The fraction of sp³-hybridized carbons (Fsp3) is 0.167. The number of anilines is 1. The summed E-state index contributed by atoms with van der Waals surface area (Å²) >= 11 is 0. The molecule has 0 bridgehead atoms. The molecule has 27 heavy (non-hydrogen) atoms. The Morgan fingerprint density at radius 2 is 2.07 bits per heavy atom. The monoisotopic (exact) mass is 368 g/mol. The van der Waals surface area contributed by atoms with E-state index in [-0.39, 0.29) is 23.5 Å². The van der Waals surface area contributed by atoms with Gasteiger partial charge in [0.15, 0.2) is 0 Å². The van der Waals surface area contributed by atoms with E-state index in [1.165, 1.54) is 24.5 Å². The van der Waals surface area contributed by atoms with E-state index in [2.05, 4.69) is 10.3 Å². The van der Waals surface area contributed by atoms with Crippen LogP contribution < -0.4 is 15.6 Å². The number of hydrogen-bond donors (Lipinski definition) is 1. The van der Waals surface area contributed by atoms with Crippen LogP contribution in [0, 0.1) is 10.1 Å². The number of rotatable bonds is 6. The molecule has 0 unspecified atom stereocenters. The standard InChI is InChI=1S/C18H16N4O5/c1-2-27-12-7-8-15(16(9-12)22(25)26)20-17(23)10-21-11-19-14-6-4-3-5-13(14)18(21)24/h3-9,11H,2,10H2,1H3,(H,20,23). The molecule has 2 aromatic carbocycles. The highest BCUT2D eigenvalue weighted by Crippen LogP contribution is 2.29.